The van der Waals surface area contributed by atoms with Crippen molar-refractivity contribution >= 4 is 23.9 Å². The molecule has 0 unspecified atom stereocenters. The van der Waals surface area contributed by atoms with Gasteiger partial charge in [0.2, 0.25) is 0 Å². The van der Waals surface area contributed by atoms with Gasteiger partial charge in [-0.2, -0.15) is 0 Å². The zero-order chi connectivity index (χ0) is 17.1. The number of carbonyl (C=O) groups is 4. The Morgan fingerprint density at radius 1 is 0.545 bits per heavy atom. The van der Waals surface area contributed by atoms with Crippen molar-refractivity contribution in [2.24, 2.45) is 0 Å². The summed E-state index contributed by atoms with van der Waals surface area (Å²) >= 11 is 0. The van der Waals surface area contributed by atoms with Gasteiger partial charge in [0, 0.05) is 23.9 Å². The van der Waals surface area contributed by atoms with Gasteiger partial charge in [-0.05, 0) is 25.7 Å². The number of carboxylic acids is 4. The first-order chi connectivity index (χ1) is 9.08. The largest absolute Gasteiger partial charge is 2.00 e. The summed E-state index contributed by atoms with van der Waals surface area (Å²) in [4.78, 5) is 37.0. The predicted octanol–water partition coefficient (Wildman–Crippen LogP) is -3.42. The molecule has 0 atom stereocenters. The molecule has 0 spiro atoms. The van der Waals surface area contributed by atoms with Crippen LogP contribution in [0.25, 0.3) is 0 Å². The number of aliphatic carboxylic acids is 4. The minimum Gasteiger partial charge on any atom is -0.550 e. The van der Waals surface area contributed by atoms with Gasteiger partial charge in [0.05, 0.1) is 0 Å². The molecule has 0 aliphatic carbocycles. The molecule has 0 saturated carbocycles. The molecular weight excluding hydrogens is 401 g/mol. The number of carbonyl (C=O) groups excluding carboxylic acids is 4. The Morgan fingerprint density at radius 2 is 0.591 bits per heavy atom. The predicted molar refractivity (Wildman–Crippen MR) is 61.2 cm³/mol. The number of hydrogen-bond acceptors (Lipinski definition) is 8. The van der Waals surface area contributed by atoms with Crippen LogP contribution in [-0.2, 0) is 55.7 Å². The van der Waals surface area contributed by atoms with E-state index < -0.39 is 23.9 Å². The van der Waals surface area contributed by atoms with Crippen molar-refractivity contribution in [3.8, 4) is 0 Å². The average Bonchev–Trinajstić information content (AvgIpc) is 2.40. The van der Waals surface area contributed by atoms with E-state index in [0.717, 1.165) is 0 Å². The van der Waals surface area contributed by atoms with Crippen molar-refractivity contribution in [3.05, 3.63) is 0 Å². The Morgan fingerprint density at radius 3 is 0.591 bits per heavy atom. The summed E-state index contributed by atoms with van der Waals surface area (Å²) in [7, 11) is 0. The maximum atomic E-state index is 9.26. The summed E-state index contributed by atoms with van der Waals surface area (Å²) in [6.45, 7) is 6.15. The van der Waals surface area contributed by atoms with Gasteiger partial charge in [-0.3, -0.25) is 0 Å². The number of rotatable bonds is 4. The molecule has 0 N–H and O–H groups in total. The van der Waals surface area contributed by atoms with Crippen molar-refractivity contribution in [2.45, 2.75) is 53.4 Å². The van der Waals surface area contributed by atoms with Crippen LogP contribution in [0.4, 0.5) is 0 Å². The van der Waals surface area contributed by atoms with Crippen molar-refractivity contribution < 1.29 is 76.2 Å². The van der Waals surface area contributed by atoms with Gasteiger partial charge in [-0.15, -0.1) is 0 Å². The van der Waals surface area contributed by atoms with E-state index in [0.29, 0.717) is 0 Å². The summed E-state index contributed by atoms with van der Waals surface area (Å²) in [5.74, 6) is -3.98. The second-order valence-electron chi connectivity index (χ2n) is 2.90. The first-order valence-electron chi connectivity index (χ1n) is 5.88. The smallest absolute Gasteiger partial charge is 0.550 e. The van der Waals surface area contributed by atoms with Gasteiger partial charge in [0.1, 0.15) is 0 Å². The Hall–Kier alpha value is -0.977. The molecule has 0 fully saturated rings. The molecule has 0 aromatic carbocycles. The van der Waals surface area contributed by atoms with Crippen LogP contribution in [0.15, 0.2) is 0 Å². The molecule has 0 aliphatic heterocycles. The standard InChI is InChI=1S/4C3H6O2.Cu.Zn/c4*1-2-3(4)5;;/h4*2H2,1H3,(H,4,5);;/q;;;;2*+2/p-4. The maximum Gasteiger partial charge on any atom is 2.00 e. The minimum atomic E-state index is -0.995. The van der Waals surface area contributed by atoms with E-state index in [2.05, 4.69) is 0 Å². The van der Waals surface area contributed by atoms with Gasteiger partial charge in [-0.25, -0.2) is 0 Å². The zero-order valence-electron chi connectivity index (χ0n) is 13.1. The molecule has 10 heteroatoms. The molecule has 0 heterocycles. The summed E-state index contributed by atoms with van der Waals surface area (Å²) in [5.41, 5.74) is 0. The van der Waals surface area contributed by atoms with E-state index in [4.69, 9.17) is 0 Å². The molecule has 129 valence electrons. The first-order valence-corrected chi connectivity index (χ1v) is 5.88. The number of carboxylic acid groups (broad SMARTS) is 4. The summed E-state index contributed by atoms with van der Waals surface area (Å²) in [6, 6.07) is 0. The maximum absolute atomic E-state index is 9.26. The molecule has 0 aromatic heterocycles. The van der Waals surface area contributed by atoms with Crippen molar-refractivity contribution in [1.29, 1.82) is 0 Å². The van der Waals surface area contributed by atoms with Crippen LogP contribution >= 0.6 is 0 Å². The van der Waals surface area contributed by atoms with E-state index in [1.165, 1.54) is 27.7 Å². The van der Waals surface area contributed by atoms with Crippen LogP contribution in [0.2, 0.25) is 0 Å². The average molecular weight is 421 g/mol. The van der Waals surface area contributed by atoms with Gasteiger partial charge in [0.15, 0.2) is 0 Å². The SMILES string of the molecule is CCC(=O)[O-].CCC(=O)[O-].CCC(=O)[O-].CCC(=O)[O-].[Cu+2].[Zn+2]. The molecule has 1 radical (unpaired) electrons. The van der Waals surface area contributed by atoms with Gasteiger partial charge < -0.3 is 39.6 Å². The van der Waals surface area contributed by atoms with Crippen LogP contribution in [0.5, 0.6) is 0 Å². The normalized spacial score (nSPS) is 6.73. The summed E-state index contributed by atoms with van der Waals surface area (Å²) in [5, 5.41) is 37.0. The third-order valence-corrected chi connectivity index (χ3v) is 1.15. The van der Waals surface area contributed by atoms with Gasteiger partial charge >= 0.3 is 36.5 Å². The van der Waals surface area contributed by atoms with E-state index in [1.54, 1.807) is 0 Å². The van der Waals surface area contributed by atoms with E-state index in [9.17, 15) is 39.6 Å². The zero-order valence-corrected chi connectivity index (χ0v) is 17.0. The van der Waals surface area contributed by atoms with Gasteiger partial charge in [0.25, 0.3) is 0 Å². The minimum absolute atomic E-state index is 0. The second-order valence-corrected chi connectivity index (χ2v) is 2.90. The van der Waals surface area contributed by atoms with Crippen molar-refractivity contribution in [3.63, 3.8) is 0 Å². The van der Waals surface area contributed by atoms with E-state index >= 15 is 0 Å². The van der Waals surface area contributed by atoms with E-state index in [1.807, 2.05) is 0 Å². The van der Waals surface area contributed by atoms with Crippen LogP contribution < -0.4 is 20.4 Å². The molecule has 0 saturated heterocycles. The molecule has 0 rings (SSSR count). The third kappa shape index (κ3) is 125. The van der Waals surface area contributed by atoms with Crippen molar-refractivity contribution in [1.82, 2.24) is 0 Å². The topological polar surface area (TPSA) is 161 Å². The monoisotopic (exact) mass is 419 g/mol. The second kappa shape index (κ2) is 32.1. The van der Waals surface area contributed by atoms with Crippen LogP contribution in [0.1, 0.15) is 53.4 Å². The van der Waals surface area contributed by atoms with E-state index in [-0.39, 0.29) is 62.2 Å². The van der Waals surface area contributed by atoms with Crippen LogP contribution in [-0.4, -0.2) is 23.9 Å². The Balaban J connectivity index is -0.0000000376. The quantitative estimate of drug-likeness (QED) is 0.424. The molecule has 0 aromatic rings. The fraction of sp³-hybridized carbons (Fsp3) is 0.667. The molecule has 0 aliphatic rings. The molecule has 0 amide bonds. The molecule has 22 heavy (non-hydrogen) atoms. The Labute approximate surface area is 153 Å². The summed E-state index contributed by atoms with van der Waals surface area (Å²) in [6.07, 6.45) is 0.444. The Kier molecular flexibility index (Phi) is 54.5. The van der Waals surface area contributed by atoms with Crippen molar-refractivity contribution in [2.75, 3.05) is 0 Å². The summed E-state index contributed by atoms with van der Waals surface area (Å²) < 4.78 is 0. The third-order valence-electron chi connectivity index (χ3n) is 1.15. The molecule has 8 nitrogen and oxygen atoms in total. The molecule has 0 bridgehead atoms. The Bertz CT molecular complexity index is 228. The number of hydrogen-bond donors (Lipinski definition) is 0. The van der Waals surface area contributed by atoms with Crippen LogP contribution in [0.3, 0.4) is 0 Å². The van der Waals surface area contributed by atoms with Crippen LogP contribution in [0, 0.1) is 0 Å². The van der Waals surface area contributed by atoms with Gasteiger partial charge in [-0.1, -0.05) is 27.7 Å². The molecular formula is C12H20CuO8Zn. The fourth-order valence-corrected chi connectivity index (χ4v) is 0. The first kappa shape index (κ1) is 37.3. The fourth-order valence-electron chi connectivity index (χ4n) is 0.